The number of hydrogen-bond donors (Lipinski definition) is 1. The first-order valence-electron chi connectivity index (χ1n) is 11.2. The molecule has 8 nitrogen and oxygen atoms in total. The van der Waals surface area contributed by atoms with E-state index in [0.717, 1.165) is 25.0 Å². The molecule has 32 heavy (non-hydrogen) atoms. The molecule has 0 aliphatic carbocycles. The average molecular weight is 434 g/mol. The summed E-state index contributed by atoms with van der Waals surface area (Å²) in [7, 11) is 0. The number of rotatable bonds is 7. The van der Waals surface area contributed by atoms with Gasteiger partial charge in [0.05, 0.1) is 12.1 Å². The van der Waals surface area contributed by atoms with Crippen molar-refractivity contribution in [3.05, 3.63) is 70.7 Å². The van der Waals surface area contributed by atoms with Crippen molar-refractivity contribution in [1.82, 2.24) is 24.2 Å². The van der Waals surface area contributed by atoms with Crippen molar-refractivity contribution in [2.24, 2.45) is 0 Å². The van der Waals surface area contributed by atoms with Crippen LogP contribution in [0.3, 0.4) is 0 Å². The van der Waals surface area contributed by atoms with E-state index in [1.807, 2.05) is 28.8 Å². The number of carbonyl (C=O) groups excluding carboxylic acids is 1. The van der Waals surface area contributed by atoms with Gasteiger partial charge in [-0.15, -0.1) is 0 Å². The fraction of sp³-hybridized carbons (Fsp3) is 0.375. The highest BCUT2D eigenvalue weighted by Gasteiger charge is 2.19. The van der Waals surface area contributed by atoms with E-state index in [2.05, 4.69) is 22.1 Å². The number of nitrogens with one attached hydrogen (secondary N) is 1. The Hall–Kier alpha value is -3.39. The second-order valence-electron chi connectivity index (χ2n) is 8.40. The van der Waals surface area contributed by atoms with E-state index in [-0.39, 0.29) is 23.8 Å². The highest BCUT2D eigenvalue weighted by Crippen LogP contribution is 2.16. The van der Waals surface area contributed by atoms with Gasteiger partial charge in [-0.05, 0) is 75.7 Å². The van der Waals surface area contributed by atoms with Crippen LogP contribution in [0.5, 0.6) is 0 Å². The Balaban J connectivity index is 1.30. The highest BCUT2D eigenvalue weighted by molar-refractivity contribution is 5.91. The van der Waals surface area contributed by atoms with Gasteiger partial charge in [0, 0.05) is 25.0 Å². The molecule has 0 bridgehead atoms. The highest BCUT2D eigenvalue weighted by atomic mass is 16.4. The van der Waals surface area contributed by atoms with Crippen molar-refractivity contribution in [3.8, 4) is 0 Å². The summed E-state index contributed by atoms with van der Waals surface area (Å²) >= 11 is 0. The van der Waals surface area contributed by atoms with E-state index in [0.29, 0.717) is 29.5 Å². The van der Waals surface area contributed by atoms with Gasteiger partial charge >= 0.3 is 0 Å². The first-order valence-corrected chi connectivity index (χ1v) is 11.2. The Morgan fingerprint density at radius 3 is 2.81 bits per heavy atom. The number of aromatic nitrogens is 3. The van der Waals surface area contributed by atoms with E-state index >= 15 is 0 Å². The molecule has 1 unspecified atom stereocenters. The van der Waals surface area contributed by atoms with E-state index in [1.54, 1.807) is 29.0 Å². The molecule has 1 aliphatic rings. The fourth-order valence-electron chi connectivity index (χ4n) is 4.52. The van der Waals surface area contributed by atoms with Gasteiger partial charge in [0.1, 0.15) is 11.3 Å². The van der Waals surface area contributed by atoms with Crippen LogP contribution < -0.4 is 10.9 Å². The normalized spacial score (nSPS) is 15.5. The molecule has 8 heteroatoms. The largest absolute Gasteiger partial charge is 0.454 e. The summed E-state index contributed by atoms with van der Waals surface area (Å²) in [4.78, 5) is 32.5. The van der Waals surface area contributed by atoms with E-state index in [9.17, 15) is 9.59 Å². The second-order valence-corrected chi connectivity index (χ2v) is 8.40. The van der Waals surface area contributed by atoms with Gasteiger partial charge < -0.3 is 19.0 Å². The van der Waals surface area contributed by atoms with Crippen LogP contribution in [0.4, 0.5) is 0 Å². The van der Waals surface area contributed by atoms with Crippen LogP contribution in [0.15, 0.2) is 58.0 Å². The third-order valence-electron chi connectivity index (χ3n) is 6.31. The zero-order valence-electron chi connectivity index (χ0n) is 18.2. The Morgan fingerprint density at radius 2 is 1.97 bits per heavy atom. The maximum atomic E-state index is 13.0. The fourth-order valence-corrected chi connectivity index (χ4v) is 4.52. The van der Waals surface area contributed by atoms with Gasteiger partial charge in [-0.25, -0.2) is 4.98 Å². The minimum atomic E-state index is -0.234. The zero-order valence-corrected chi connectivity index (χ0v) is 18.2. The molecule has 5 heterocycles. The minimum absolute atomic E-state index is 0.153. The standard InChI is InChI=1S/C24H27N5O3/c1-17(27-13-2-3-14-27)10-12-26-23(30)21-9-8-18(32-21)16-29-22-19(6-4-11-25-22)28-15-5-7-20(28)24(29)31/h4-9,11,15,17H,2-3,10,12-14,16H2,1H3,(H,26,30). The van der Waals surface area contributed by atoms with Gasteiger partial charge in [0.15, 0.2) is 11.4 Å². The number of amides is 1. The molecule has 1 fully saturated rings. The summed E-state index contributed by atoms with van der Waals surface area (Å²) in [6.45, 7) is 5.31. The van der Waals surface area contributed by atoms with Gasteiger partial charge in [-0.1, -0.05) is 0 Å². The Morgan fingerprint density at radius 1 is 1.16 bits per heavy atom. The number of pyridine rings is 1. The lowest BCUT2D eigenvalue weighted by Gasteiger charge is -2.23. The van der Waals surface area contributed by atoms with E-state index in [1.165, 1.54) is 12.8 Å². The van der Waals surface area contributed by atoms with Crippen molar-refractivity contribution in [2.45, 2.75) is 38.8 Å². The average Bonchev–Trinajstić information content (AvgIpc) is 3.58. The molecule has 1 atom stereocenters. The topological polar surface area (TPSA) is 84.8 Å². The summed E-state index contributed by atoms with van der Waals surface area (Å²) in [5, 5.41) is 2.95. The lowest BCUT2D eigenvalue weighted by Crippen LogP contribution is -2.34. The number of nitrogens with zero attached hydrogens (tertiary/aromatic N) is 4. The summed E-state index contributed by atoms with van der Waals surface area (Å²) in [6, 6.07) is 11.3. The van der Waals surface area contributed by atoms with E-state index < -0.39 is 0 Å². The first kappa shape index (κ1) is 20.5. The van der Waals surface area contributed by atoms with Crippen LogP contribution in [-0.4, -0.2) is 50.4 Å². The molecule has 4 aromatic heterocycles. The molecule has 4 aromatic rings. The molecule has 0 radical (unpaired) electrons. The van der Waals surface area contributed by atoms with Crippen LogP contribution in [0, 0.1) is 0 Å². The maximum absolute atomic E-state index is 13.0. The predicted molar refractivity (Wildman–Crippen MR) is 122 cm³/mol. The lowest BCUT2D eigenvalue weighted by atomic mass is 10.2. The summed E-state index contributed by atoms with van der Waals surface area (Å²) in [5.74, 6) is 0.552. The van der Waals surface area contributed by atoms with Crippen LogP contribution in [0.1, 0.15) is 42.5 Å². The quantitative estimate of drug-likeness (QED) is 0.484. The van der Waals surface area contributed by atoms with Gasteiger partial charge in [0.2, 0.25) is 0 Å². The molecule has 1 aliphatic heterocycles. The van der Waals surface area contributed by atoms with Gasteiger partial charge in [-0.3, -0.25) is 14.2 Å². The van der Waals surface area contributed by atoms with Crippen LogP contribution in [0.25, 0.3) is 16.7 Å². The predicted octanol–water partition coefficient (Wildman–Crippen LogP) is 2.89. The molecule has 5 rings (SSSR count). The molecule has 0 aromatic carbocycles. The number of furan rings is 1. The molecule has 1 N–H and O–H groups in total. The molecule has 1 saturated heterocycles. The number of fused-ring (bicyclic) bond motifs is 3. The minimum Gasteiger partial charge on any atom is -0.454 e. The van der Waals surface area contributed by atoms with Crippen molar-refractivity contribution in [1.29, 1.82) is 0 Å². The van der Waals surface area contributed by atoms with Gasteiger partial charge in [-0.2, -0.15) is 0 Å². The Kier molecular flexibility index (Phi) is 5.53. The third-order valence-corrected chi connectivity index (χ3v) is 6.31. The number of hydrogen-bond acceptors (Lipinski definition) is 5. The third kappa shape index (κ3) is 3.82. The molecule has 0 saturated carbocycles. The van der Waals surface area contributed by atoms with Crippen molar-refractivity contribution < 1.29 is 9.21 Å². The monoisotopic (exact) mass is 433 g/mol. The molecular formula is C24H27N5O3. The zero-order chi connectivity index (χ0) is 22.1. The van der Waals surface area contributed by atoms with Crippen LogP contribution in [0.2, 0.25) is 0 Å². The number of likely N-dealkylation sites (tertiary alicyclic amines) is 1. The maximum Gasteiger partial charge on any atom is 0.286 e. The summed E-state index contributed by atoms with van der Waals surface area (Å²) in [6.07, 6.45) is 6.95. The summed E-state index contributed by atoms with van der Waals surface area (Å²) in [5.41, 5.74) is 1.82. The summed E-state index contributed by atoms with van der Waals surface area (Å²) < 4.78 is 9.21. The molecule has 166 valence electrons. The Bertz CT molecular complexity index is 1310. The van der Waals surface area contributed by atoms with Crippen molar-refractivity contribution in [3.63, 3.8) is 0 Å². The Labute approximate surface area is 185 Å². The van der Waals surface area contributed by atoms with Crippen LogP contribution >= 0.6 is 0 Å². The first-order chi connectivity index (χ1) is 15.6. The SMILES string of the molecule is CC(CCNC(=O)c1ccc(Cn2c(=O)c3cccn3c3cccnc32)o1)N1CCCC1. The van der Waals surface area contributed by atoms with Crippen molar-refractivity contribution in [2.75, 3.05) is 19.6 Å². The van der Waals surface area contributed by atoms with E-state index in [4.69, 9.17) is 4.42 Å². The molecule has 1 amide bonds. The van der Waals surface area contributed by atoms with Crippen molar-refractivity contribution >= 4 is 22.6 Å². The lowest BCUT2D eigenvalue weighted by molar-refractivity contribution is 0.0920. The molecular weight excluding hydrogens is 406 g/mol. The number of carbonyl (C=O) groups is 1. The van der Waals surface area contributed by atoms with Gasteiger partial charge in [0.25, 0.3) is 11.5 Å². The van der Waals surface area contributed by atoms with Crippen LogP contribution in [-0.2, 0) is 6.54 Å². The smallest absolute Gasteiger partial charge is 0.286 e. The molecule has 0 spiro atoms. The second kappa shape index (κ2) is 8.63.